The molecule has 4 aromatic carbocycles. The van der Waals surface area contributed by atoms with Gasteiger partial charge < -0.3 is 1.43 Å². The van der Waals surface area contributed by atoms with Crippen molar-refractivity contribution in [3.63, 3.8) is 0 Å². The van der Waals surface area contributed by atoms with E-state index in [9.17, 15) is 15.3 Å². The molecule has 0 N–H and O–H groups in total. The monoisotopic (exact) mass is 784 g/mol. The normalized spacial score (nSPS) is 11.4. The Balaban J connectivity index is 0.000000168. The minimum atomic E-state index is 0. The third kappa shape index (κ3) is 7.95. The molecular weight excluding hydrogens is 748 g/mol. The molecule has 10 rings (SSSR count). The number of nitrogens with zero attached hydrogens (tertiary/aromatic N) is 12. The number of rotatable bonds is 4. The van der Waals surface area contributed by atoms with E-state index in [0.717, 1.165) is 68.6 Å². The quantitative estimate of drug-likeness (QED) is 0.186. The standard InChI is InChI=1S/C22H16N6.C15H10N6O.C8H10.Na.H/c1-15-7-10-19-22(11-15)28-21(12-20-18(13-23)24-14-27(19)20)17(25-26-28)9-8-16-5-3-2-4-6-16;1-9-2-3-12-15(4-9)21-14(11(7-22)18-19-21)5-13-10(6-16)17-8-20(12)13;1-2-8-6-4-3-5-7-8;;/h2-11,14H,12H2,1H3;2-4,7-8H,5H2,1H3;3-7H,2H2,1H3;;/q;;;+1;-1/b9-8+;;;;. The summed E-state index contributed by atoms with van der Waals surface area (Å²) in [4.78, 5) is 19.7. The molecule has 0 unspecified atom stereocenters. The maximum absolute atomic E-state index is 11.2. The van der Waals surface area contributed by atoms with Crippen LogP contribution in [0.1, 0.15) is 81.0 Å². The molecule has 284 valence electrons. The molecule has 8 aromatic rings. The number of carbonyl (C=O) groups excluding carboxylic acids is 1. The largest absolute Gasteiger partial charge is 1.00 e. The molecule has 2 aliphatic rings. The van der Waals surface area contributed by atoms with Gasteiger partial charge in [-0.2, -0.15) is 10.5 Å². The van der Waals surface area contributed by atoms with Crippen LogP contribution in [-0.4, -0.2) is 55.4 Å². The molecule has 59 heavy (non-hydrogen) atoms. The van der Waals surface area contributed by atoms with Crippen LogP contribution in [0, 0.1) is 36.5 Å². The first-order valence-corrected chi connectivity index (χ1v) is 18.7. The zero-order chi connectivity index (χ0) is 40.2. The first-order chi connectivity index (χ1) is 28.4. The van der Waals surface area contributed by atoms with E-state index in [-0.39, 0.29) is 36.7 Å². The van der Waals surface area contributed by atoms with Crippen molar-refractivity contribution in [1.82, 2.24) is 49.1 Å². The van der Waals surface area contributed by atoms with Crippen molar-refractivity contribution < 1.29 is 35.8 Å². The van der Waals surface area contributed by atoms with E-state index in [1.807, 2.05) is 107 Å². The van der Waals surface area contributed by atoms with Crippen molar-refractivity contribution in [1.29, 1.82) is 10.5 Å². The molecule has 2 aliphatic heterocycles. The Morgan fingerprint density at radius 2 is 1.14 bits per heavy atom. The van der Waals surface area contributed by atoms with Gasteiger partial charge in [0.15, 0.2) is 17.7 Å². The van der Waals surface area contributed by atoms with Crippen LogP contribution in [0.5, 0.6) is 0 Å². The fraction of sp³-hybridized carbons (Fsp3) is 0.133. The van der Waals surface area contributed by atoms with E-state index in [0.29, 0.717) is 36.2 Å². The second kappa shape index (κ2) is 17.6. The Labute approximate surface area is 364 Å². The molecule has 0 saturated heterocycles. The number of benzene rings is 4. The molecular formula is C45H37N12NaO. The zero-order valence-electron chi connectivity index (χ0n) is 34.0. The van der Waals surface area contributed by atoms with Gasteiger partial charge in [-0.1, -0.05) is 96.2 Å². The predicted octanol–water partition coefficient (Wildman–Crippen LogP) is 4.42. The summed E-state index contributed by atoms with van der Waals surface area (Å²) in [6.45, 7) is 6.20. The van der Waals surface area contributed by atoms with Crippen LogP contribution in [0.15, 0.2) is 110 Å². The summed E-state index contributed by atoms with van der Waals surface area (Å²) >= 11 is 0. The Morgan fingerprint density at radius 3 is 1.61 bits per heavy atom. The van der Waals surface area contributed by atoms with Crippen LogP contribution in [-0.2, 0) is 19.3 Å². The number of imidazole rings is 2. The molecule has 0 radical (unpaired) electrons. The van der Waals surface area contributed by atoms with Crippen LogP contribution in [0.2, 0.25) is 0 Å². The van der Waals surface area contributed by atoms with Gasteiger partial charge in [-0.05, 0) is 72.9 Å². The van der Waals surface area contributed by atoms with Crippen LogP contribution in [0.25, 0.3) is 34.9 Å². The maximum atomic E-state index is 11.2. The van der Waals surface area contributed by atoms with Gasteiger partial charge in [-0.3, -0.25) is 13.9 Å². The van der Waals surface area contributed by atoms with Crippen molar-refractivity contribution in [2.45, 2.75) is 40.0 Å². The molecule has 0 atom stereocenters. The summed E-state index contributed by atoms with van der Waals surface area (Å²) < 4.78 is 7.39. The molecule has 0 aliphatic carbocycles. The van der Waals surface area contributed by atoms with Crippen LogP contribution in [0.3, 0.4) is 0 Å². The Morgan fingerprint density at radius 1 is 0.644 bits per heavy atom. The van der Waals surface area contributed by atoms with Crippen molar-refractivity contribution in [2.24, 2.45) is 0 Å². The minimum absolute atomic E-state index is 0. The summed E-state index contributed by atoms with van der Waals surface area (Å²) in [5, 5.41) is 35.6. The average Bonchev–Trinajstić information content (AvgIpc) is 4.04. The smallest absolute Gasteiger partial charge is 1.00 e. The van der Waals surface area contributed by atoms with E-state index in [4.69, 9.17) is 0 Å². The predicted molar refractivity (Wildman–Crippen MR) is 219 cm³/mol. The van der Waals surface area contributed by atoms with E-state index in [2.05, 4.69) is 80.0 Å². The first kappa shape index (κ1) is 40.2. The third-order valence-corrected chi connectivity index (χ3v) is 10.0. The Bertz CT molecular complexity index is 2910. The summed E-state index contributed by atoms with van der Waals surface area (Å²) in [5.74, 6) is 0. The second-order valence-electron chi connectivity index (χ2n) is 13.7. The summed E-state index contributed by atoms with van der Waals surface area (Å²) in [5.41, 5.74) is 13.3. The van der Waals surface area contributed by atoms with Gasteiger partial charge >= 0.3 is 29.6 Å². The van der Waals surface area contributed by atoms with Crippen LogP contribution < -0.4 is 29.6 Å². The SMILES string of the molecule is CCc1ccccc1.Cc1ccc2c(c1)-n1nnc(/C=C/c3ccccc3)c1Cc1c(C#N)ncn1-2.Cc1ccc2c(c1)-n1nnc(C=O)c1Cc1c(C#N)ncn1-2.[H-].[Na+]. The molecule has 0 bridgehead atoms. The summed E-state index contributed by atoms with van der Waals surface area (Å²) in [6.07, 6.45) is 10.1. The molecule has 0 amide bonds. The third-order valence-electron chi connectivity index (χ3n) is 10.0. The summed E-state index contributed by atoms with van der Waals surface area (Å²) in [7, 11) is 0. The number of nitriles is 2. The molecule has 13 nitrogen and oxygen atoms in total. The topological polar surface area (TPSA) is 162 Å². The zero-order valence-corrected chi connectivity index (χ0v) is 35.0. The first-order valence-electron chi connectivity index (χ1n) is 18.7. The van der Waals surface area contributed by atoms with Crippen molar-refractivity contribution in [2.75, 3.05) is 0 Å². The number of aldehydes is 1. The molecule has 4 aromatic heterocycles. The van der Waals surface area contributed by atoms with Gasteiger partial charge in [-0.25, -0.2) is 19.3 Å². The van der Waals surface area contributed by atoms with Crippen molar-refractivity contribution >= 4 is 18.4 Å². The van der Waals surface area contributed by atoms with Gasteiger partial charge in [0.25, 0.3) is 0 Å². The summed E-state index contributed by atoms with van der Waals surface area (Å²) in [6, 6.07) is 36.9. The van der Waals surface area contributed by atoms with E-state index >= 15 is 0 Å². The molecule has 0 saturated carbocycles. The Kier molecular flexibility index (Phi) is 12.0. The average molecular weight is 785 g/mol. The number of carbonyl (C=O) groups is 1. The van der Waals surface area contributed by atoms with E-state index in [1.54, 1.807) is 17.3 Å². The van der Waals surface area contributed by atoms with E-state index < -0.39 is 0 Å². The van der Waals surface area contributed by atoms with Gasteiger partial charge in [0.2, 0.25) is 0 Å². The second-order valence-corrected chi connectivity index (χ2v) is 13.7. The van der Waals surface area contributed by atoms with Gasteiger partial charge in [0.05, 0.1) is 45.5 Å². The number of hydrogen-bond acceptors (Lipinski definition) is 9. The van der Waals surface area contributed by atoms with Gasteiger partial charge in [0, 0.05) is 12.8 Å². The van der Waals surface area contributed by atoms with Gasteiger partial charge in [-0.15, -0.1) is 10.2 Å². The molecule has 0 fully saturated rings. The number of hydrogen-bond donors (Lipinski definition) is 0. The number of aryl methyl sites for hydroxylation is 3. The Hall–Kier alpha value is -7.03. The fourth-order valence-electron chi connectivity index (χ4n) is 7.04. The molecule has 6 heterocycles. The van der Waals surface area contributed by atoms with Crippen LogP contribution >= 0.6 is 0 Å². The number of aromatic nitrogens is 10. The van der Waals surface area contributed by atoms with Crippen molar-refractivity contribution in [3.8, 4) is 34.9 Å². The van der Waals surface area contributed by atoms with Crippen molar-refractivity contribution in [3.05, 3.63) is 178 Å². The van der Waals surface area contributed by atoms with Gasteiger partial charge in [0.1, 0.15) is 36.2 Å². The molecule has 14 heteroatoms. The fourth-order valence-corrected chi connectivity index (χ4v) is 7.04. The molecule has 0 spiro atoms. The number of fused-ring (bicyclic) bond motifs is 10. The minimum Gasteiger partial charge on any atom is -1.00 e. The maximum Gasteiger partial charge on any atom is 1.00 e. The van der Waals surface area contributed by atoms with E-state index in [1.165, 1.54) is 5.56 Å². The van der Waals surface area contributed by atoms with Crippen LogP contribution in [0.4, 0.5) is 0 Å².